The average Bonchev–Trinajstić information content (AvgIpc) is 2.61. The molecule has 0 aromatic heterocycles. The molecule has 0 bridgehead atoms. The van der Waals surface area contributed by atoms with Gasteiger partial charge in [-0.1, -0.05) is 42.5 Å². The molecule has 0 aliphatic rings. The highest BCUT2D eigenvalue weighted by Crippen LogP contribution is 2.31. The van der Waals surface area contributed by atoms with Gasteiger partial charge in [-0.25, -0.2) is 0 Å². The molecule has 3 rings (SSSR count). The second kappa shape index (κ2) is 6.73. The van der Waals surface area contributed by atoms with Crippen molar-refractivity contribution in [2.24, 2.45) is 0 Å². The zero-order valence-electron chi connectivity index (χ0n) is 14.0. The molecule has 126 valence electrons. The third-order valence-electron chi connectivity index (χ3n) is 4.26. The SMILES string of the molecule is CC(=O)c1ccc(N[C@@H](C)c2cccc3ccccc23)c([N+](=O)[O-])c1. The maximum Gasteiger partial charge on any atom is 0.293 e. The normalized spacial score (nSPS) is 11.9. The van der Waals surface area contributed by atoms with Crippen LogP contribution in [0.25, 0.3) is 10.8 Å². The highest BCUT2D eigenvalue weighted by atomic mass is 16.6. The molecule has 3 aromatic rings. The number of nitrogens with zero attached hydrogens (tertiary/aromatic N) is 1. The summed E-state index contributed by atoms with van der Waals surface area (Å²) in [6.07, 6.45) is 0. The lowest BCUT2D eigenvalue weighted by Gasteiger charge is -2.18. The fourth-order valence-electron chi connectivity index (χ4n) is 2.96. The number of hydrogen-bond acceptors (Lipinski definition) is 4. The van der Waals surface area contributed by atoms with Gasteiger partial charge >= 0.3 is 0 Å². The van der Waals surface area contributed by atoms with E-state index in [0.717, 1.165) is 16.3 Å². The highest BCUT2D eigenvalue weighted by molar-refractivity contribution is 5.95. The molecule has 0 radical (unpaired) electrons. The number of nitro groups is 1. The van der Waals surface area contributed by atoms with Crippen LogP contribution < -0.4 is 5.32 Å². The topological polar surface area (TPSA) is 72.2 Å². The summed E-state index contributed by atoms with van der Waals surface area (Å²) in [4.78, 5) is 22.4. The Bertz CT molecular complexity index is 961. The van der Waals surface area contributed by atoms with Gasteiger partial charge in [0.2, 0.25) is 0 Å². The number of nitro benzene ring substituents is 1. The molecule has 1 atom stereocenters. The maximum absolute atomic E-state index is 11.5. The summed E-state index contributed by atoms with van der Waals surface area (Å²) in [5.74, 6) is -0.197. The molecular weight excluding hydrogens is 316 g/mol. The van der Waals surface area contributed by atoms with Crippen molar-refractivity contribution in [2.45, 2.75) is 19.9 Å². The van der Waals surface area contributed by atoms with Gasteiger partial charge in [-0.3, -0.25) is 14.9 Å². The van der Waals surface area contributed by atoms with E-state index in [-0.39, 0.29) is 17.5 Å². The number of nitrogens with one attached hydrogen (secondary N) is 1. The molecule has 0 heterocycles. The van der Waals surface area contributed by atoms with E-state index in [0.29, 0.717) is 11.3 Å². The predicted molar refractivity (Wildman–Crippen MR) is 99.1 cm³/mol. The largest absolute Gasteiger partial charge is 0.373 e. The van der Waals surface area contributed by atoms with Crippen molar-refractivity contribution in [1.82, 2.24) is 0 Å². The molecule has 0 aliphatic carbocycles. The van der Waals surface area contributed by atoms with Crippen LogP contribution in [0.3, 0.4) is 0 Å². The molecule has 3 aromatic carbocycles. The van der Waals surface area contributed by atoms with Crippen molar-refractivity contribution < 1.29 is 9.72 Å². The maximum atomic E-state index is 11.5. The molecule has 5 nitrogen and oxygen atoms in total. The monoisotopic (exact) mass is 334 g/mol. The molecule has 0 unspecified atom stereocenters. The van der Waals surface area contributed by atoms with E-state index in [2.05, 4.69) is 5.32 Å². The number of carbonyl (C=O) groups is 1. The lowest BCUT2D eigenvalue weighted by Crippen LogP contribution is -2.09. The van der Waals surface area contributed by atoms with Crippen molar-refractivity contribution in [1.29, 1.82) is 0 Å². The summed E-state index contributed by atoms with van der Waals surface area (Å²) in [7, 11) is 0. The second-order valence-corrected chi connectivity index (χ2v) is 5.98. The van der Waals surface area contributed by atoms with Crippen LogP contribution in [0.5, 0.6) is 0 Å². The second-order valence-electron chi connectivity index (χ2n) is 5.98. The van der Waals surface area contributed by atoms with Gasteiger partial charge in [-0.15, -0.1) is 0 Å². The molecule has 1 N–H and O–H groups in total. The number of benzene rings is 3. The molecule has 5 heteroatoms. The Labute approximate surface area is 145 Å². The van der Waals surface area contributed by atoms with E-state index in [9.17, 15) is 14.9 Å². The summed E-state index contributed by atoms with van der Waals surface area (Å²) >= 11 is 0. The first-order valence-corrected chi connectivity index (χ1v) is 8.01. The van der Waals surface area contributed by atoms with Crippen LogP contribution in [-0.2, 0) is 0 Å². The Morgan fingerprint density at radius 1 is 1.08 bits per heavy atom. The summed E-state index contributed by atoms with van der Waals surface area (Å²) in [5, 5.41) is 16.8. The average molecular weight is 334 g/mol. The fraction of sp³-hybridized carbons (Fsp3) is 0.150. The van der Waals surface area contributed by atoms with Crippen LogP contribution in [0.4, 0.5) is 11.4 Å². The summed E-state index contributed by atoms with van der Waals surface area (Å²) < 4.78 is 0. The van der Waals surface area contributed by atoms with Crippen LogP contribution in [-0.4, -0.2) is 10.7 Å². The van der Waals surface area contributed by atoms with Crippen LogP contribution in [0.15, 0.2) is 60.7 Å². The smallest absolute Gasteiger partial charge is 0.293 e. The number of fused-ring (bicyclic) bond motifs is 1. The van der Waals surface area contributed by atoms with Crippen molar-refractivity contribution in [3.05, 3.63) is 81.9 Å². The lowest BCUT2D eigenvalue weighted by atomic mass is 9.99. The molecular formula is C20H18N2O3. The predicted octanol–water partition coefficient (Wildman–Crippen LogP) is 5.12. The van der Waals surface area contributed by atoms with Crippen LogP contribution in [0.1, 0.15) is 35.8 Å². The molecule has 0 aliphatic heterocycles. The summed E-state index contributed by atoms with van der Waals surface area (Å²) in [6, 6.07) is 18.4. The van der Waals surface area contributed by atoms with Gasteiger partial charge in [-0.05, 0) is 42.3 Å². The quantitative estimate of drug-likeness (QED) is 0.399. The Kier molecular flexibility index (Phi) is 4.48. The van der Waals surface area contributed by atoms with Gasteiger partial charge < -0.3 is 5.32 Å². The minimum atomic E-state index is -0.468. The minimum Gasteiger partial charge on any atom is -0.373 e. The number of rotatable bonds is 5. The molecule has 25 heavy (non-hydrogen) atoms. The van der Waals surface area contributed by atoms with Crippen molar-refractivity contribution >= 4 is 27.9 Å². The van der Waals surface area contributed by atoms with Gasteiger partial charge in [0, 0.05) is 17.7 Å². The highest BCUT2D eigenvalue weighted by Gasteiger charge is 2.19. The number of carbonyl (C=O) groups excluding carboxylic acids is 1. The Morgan fingerprint density at radius 2 is 1.80 bits per heavy atom. The van der Waals surface area contributed by atoms with Gasteiger partial charge in [0.25, 0.3) is 5.69 Å². The first kappa shape index (κ1) is 16.6. The lowest BCUT2D eigenvalue weighted by molar-refractivity contribution is -0.384. The number of hydrogen-bond donors (Lipinski definition) is 1. The van der Waals surface area contributed by atoms with Gasteiger partial charge in [-0.2, -0.15) is 0 Å². The van der Waals surface area contributed by atoms with Crippen LogP contribution in [0, 0.1) is 10.1 Å². The molecule has 0 saturated carbocycles. The van der Waals surface area contributed by atoms with Crippen LogP contribution in [0.2, 0.25) is 0 Å². The number of anilines is 1. The minimum absolute atomic E-state index is 0.0974. The summed E-state index contributed by atoms with van der Waals surface area (Å²) in [6.45, 7) is 3.36. The molecule has 0 saturated heterocycles. The van der Waals surface area contributed by atoms with E-state index in [1.54, 1.807) is 12.1 Å². The molecule has 0 amide bonds. The number of ketones is 1. The van der Waals surface area contributed by atoms with E-state index in [1.807, 2.05) is 49.4 Å². The Hall–Kier alpha value is -3.21. The summed E-state index contributed by atoms with van der Waals surface area (Å²) in [5.41, 5.74) is 1.69. The number of Topliss-reactive ketones (excluding diaryl/α,β-unsaturated/α-hetero) is 1. The Balaban J connectivity index is 1.99. The zero-order valence-corrected chi connectivity index (χ0v) is 14.0. The first-order chi connectivity index (χ1) is 12.0. The Morgan fingerprint density at radius 3 is 2.52 bits per heavy atom. The van der Waals surface area contributed by atoms with Gasteiger partial charge in [0.1, 0.15) is 5.69 Å². The molecule has 0 spiro atoms. The zero-order chi connectivity index (χ0) is 18.0. The van der Waals surface area contributed by atoms with E-state index < -0.39 is 4.92 Å². The standard InChI is InChI=1S/C20H18N2O3/c1-13(17-9-5-7-15-6-3-4-8-18(15)17)21-19-11-10-16(14(2)23)12-20(19)22(24)25/h3-13,21H,1-2H3/t13-/m0/s1. The van der Waals surface area contributed by atoms with Crippen molar-refractivity contribution in [3.8, 4) is 0 Å². The van der Waals surface area contributed by atoms with Crippen molar-refractivity contribution in [2.75, 3.05) is 5.32 Å². The first-order valence-electron chi connectivity index (χ1n) is 8.01. The molecule has 0 fully saturated rings. The van der Waals surface area contributed by atoms with E-state index in [4.69, 9.17) is 0 Å². The van der Waals surface area contributed by atoms with E-state index >= 15 is 0 Å². The van der Waals surface area contributed by atoms with Gasteiger partial charge in [0.15, 0.2) is 5.78 Å². The van der Waals surface area contributed by atoms with Crippen LogP contribution >= 0.6 is 0 Å². The third kappa shape index (κ3) is 3.35. The van der Waals surface area contributed by atoms with Crippen molar-refractivity contribution in [3.63, 3.8) is 0 Å². The fourth-order valence-corrected chi connectivity index (χ4v) is 2.96. The third-order valence-corrected chi connectivity index (χ3v) is 4.26. The van der Waals surface area contributed by atoms with Gasteiger partial charge in [0.05, 0.1) is 4.92 Å². The van der Waals surface area contributed by atoms with E-state index in [1.165, 1.54) is 13.0 Å².